The van der Waals surface area contributed by atoms with E-state index in [1.165, 1.54) is 7.11 Å². The number of likely N-dealkylation sites (tertiary alicyclic amines) is 1. The minimum Gasteiger partial charge on any atom is -0.491 e. The van der Waals surface area contributed by atoms with Crippen LogP contribution in [-0.4, -0.2) is 67.4 Å². The fourth-order valence-electron chi connectivity index (χ4n) is 4.00. The van der Waals surface area contributed by atoms with Crippen molar-refractivity contribution in [1.29, 1.82) is 0 Å². The smallest absolute Gasteiger partial charge is 0.308 e. The summed E-state index contributed by atoms with van der Waals surface area (Å²) >= 11 is 0. The zero-order chi connectivity index (χ0) is 22.2. The van der Waals surface area contributed by atoms with E-state index in [4.69, 9.17) is 13.9 Å². The highest BCUT2D eigenvalue weighted by molar-refractivity contribution is 5.72. The topological polar surface area (TPSA) is 75.4 Å². The van der Waals surface area contributed by atoms with Crippen LogP contribution in [0.2, 0.25) is 0 Å². The second-order valence-corrected chi connectivity index (χ2v) is 8.39. The first kappa shape index (κ1) is 23.3. The molecule has 2 aromatic rings. The van der Waals surface area contributed by atoms with Crippen LogP contribution in [0.5, 0.6) is 5.75 Å². The van der Waals surface area contributed by atoms with Crippen molar-refractivity contribution in [2.75, 3.05) is 40.4 Å². The molecule has 0 aliphatic carbocycles. The van der Waals surface area contributed by atoms with E-state index in [9.17, 15) is 9.90 Å². The molecule has 1 saturated heterocycles. The number of aliphatic hydroxyl groups is 1. The van der Waals surface area contributed by atoms with E-state index in [1.54, 1.807) is 0 Å². The first-order chi connectivity index (χ1) is 14.9. The molecule has 0 radical (unpaired) electrons. The number of ether oxygens (including phenoxy) is 2. The predicted octanol–water partition coefficient (Wildman–Crippen LogP) is 2.84. The number of piperidine rings is 1. The average Bonchev–Trinajstić information content (AvgIpc) is 3.16. The Hall–Kier alpha value is -2.35. The number of β-amino-alcohol motifs (C(OH)–C–C–N with tert-alkyl or cyclic N) is 1. The van der Waals surface area contributed by atoms with Gasteiger partial charge in [0.2, 0.25) is 0 Å². The zero-order valence-electron chi connectivity index (χ0n) is 18.8. The van der Waals surface area contributed by atoms with Gasteiger partial charge < -0.3 is 23.9 Å². The predicted molar refractivity (Wildman–Crippen MR) is 118 cm³/mol. The van der Waals surface area contributed by atoms with Gasteiger partial charge in [-0.3, -0.25) is 9.69 Å². The number of hydrogen-bond donors (Lipinski definition) is 1. The summed E-state index contributed by atoms with van der Waals surface area (Å²) in [6.45, 7) is 5.81. The largest absolute Gasteiger partial charge is 0.491 e. The van der Waals surface area contributed by atoms with E-state index in [1.807, 2.05) is 37.3 Å². The van der Waals surface area contributed by atoms with Crippen molar-refractivity contribution >= 4 is 5.97 Å². The molecule has 1 aromatic carbocycles. The molecule has 3 rings (SSSR count). The first-order valence-corrected chi connectivity index (χ1v) is 10.9. The lowest BCUT2D eigenvalue weighted by molar-refractivity contribution is -0.147. The minimum atomic E-state index is -0.580. The van der Waals surface area contributed by atoms with Crippen molar-refractivity contribution in [2.45, 2.75) is 39.0 Å². The average molecular weight is 431 g/mol. The summed E-state index contributed by atoms with van der Waals surface area (Å²) in [4.78, 5) is 16.0. The first-order valence-electron chi connectivity index (χ1n) is 10.9. The van der Waals surface area contributed by atoms with Crippen LogP contribution in [0.15, 0.2) is 40.8 Å². The third-order valence-corrected chi connectivity index (χ3v) is 5.61. The maximum absolute atomic E-state index is 11.6. The van der Waals surface area contributed by atoms with E-state index in [2.05, 4.69) is 22.9 Å². The Bertz CT molecular complexity index is 829. The summed E-state index contributed by atoms with van der Waals surface area (Å²) in [5, 5.41) is 10.4. The zero-order valence-corrected chi connectivity index (χ0v) is 18.8. The van der Waals surface area contributed by atoms with Crippen LogP contribution in [-0.2, 0) is 22.6 Å². The molecule has 7 nitrogen and oxygen atoms in total. The molecule has 0 amide bonds. The molecule has 7 heteroatoms. The number of methoxy groups -OCH3 is 1. The molecular formula is C24H34N2O5. The van der Waals surface area contributed by atoms with Crippen molar-refractivity contribution in [2.24, 2.45) is 5.92 Å². The van der Waals surface area contributed by atoms with Gasteiger partial charge in [-0.2, -0.15) is 0 Å². The SMILES string of the molecule is COC(=O)C1CCN(C[C@@H](O)COc2cccc(CN(C)Cc3ccc(C)o3)c2)CC1. The fraction of sp³-hybridized carbons (Fsp3) is 0.542. The number of benzene rings is 1. The summed E-state index contributed by atoms with van der Waals surface area (Å²) in [5.41, 5.74) is 1.14. The number of aliphatic hydroxyl groups excluding tert-OH is 1. The van der Waals surface area contributed by atoms with Crippen molar-refractivity contribution in [3.05, 3.63) is 53.5 Å². The maximum atomic E-state index is 11.6. The monoisotopic (exact) mass is 430 g/mol. The third kappa shape index (κ3) is 7.38. The standard InChI is InChI=1S/C24H34N2O5/c1-18-7-8-23(31-18)16-25(2)14-19-5-4-6-22(13-19)30-17-21(27)15-26-11-9-20(10-12-26)24(28)29-3/h4-8,13,20-21,27H,9-12,14-17H2,1-3H3/t21-/m1/s1. The molecule has 1 atom stereocenters. The minimum absolute atomic E-state index is 0.0210. The van der Waals surface area contributed by atoms with Gasteiger partial charge in [-0.1, -0.05) is 12.1 Å². The van der Waals surface area contributed by atoms with Gasteiger partial charge >= 0.3 is 5.97 Å². The van der Waals surface area contributed by atoms with Gasteiger partial charge in [0.05, 0.1) is 19.6 Å². The van der Waals surface area contributed by atoms with Crippen molar-refractivity contribution in [3.63, 3.8) is 0 Å². The molecule has 0 unspecified atom stereocenters. The van der Waals surface area contributed by atoms with Crippen LogP contribution in [0.25, 0.3) is 0 Å². The number of carbonyl (C=O) groups is 1. The molecule has 1 fully saturated rings. The summed E-state index contributed by atoms with van der Waals surface area (Å²) in [6.07, 6.45) is 0.962. The van der Waals surface area contributed by atoms with Crippen molar-refractivity contribution in [1.82, 2.24) is 9.80 Å². The molecule has 0 saturated carbocycles. The highest BCUT2D eigenvalue weighted by atomic mass is 16.5. The number of nitrogens with zero attached hydrogens (tertiary/aromatic N) is 2. The second-order valence-electron chi connectivity index (χ2n) is 8.39. The maximum Gasteiger partial charge on any atom is 0.308 e. The number of esters is 1. The molecule has 1 aromatic heterocycles. The summed E-state index contributed by atoms with van der Waals surface area (Å²) in [6, 6.07) is 11.9. The number of hydrogen-bond acceptors (Lipinski definition) is 7. The Labute approximate surface area is 184 Å². The molecule has 0 bridgehead atoms. The summed E-state index contributed by atoms with van der Waals surface area (Å²) < 4.78 is 16.3. The number of furan rings is 1. The highest BCUT2D eigenvalue weighted by Crippen LogP contribution is 2.19. The quantitative estimate of drug-likeness (QED) is 0.581. The van der Waals surface area contributed by atoms with Crippen LogP contribution in [0, 0.1) is 12.8 Å². The van der Waals surface area contributed by atoms with Gasteiger partial charge in [-0.25, -0.2) is 0 Å². The molecule has 170 valence electrons. The van der Waals surface area contributed by atoms with Crippen LogP contribution >= 0.6 is 0 Å². The fourth-order valence-corrected chi connectivity index (χ4v) is 4.00. The summed E-state index contributed by atoms with van der Waals surface area (Å²) in [5.74, 6) is 2.47. The molecule has 1 aliphatic heterocycles. The van der Waals surface area contributed by atoms with Gasteiger partial charge in [0.1, 0.15) is 30.0 Å². The third-order valence-electron chi connectivity index (χ3n) is 5.61. The van der Waals surface area contributed by atoms with Gasteiger partial charge in [0, 0.05) is 13.1 Å². The van der Waals surface area contributed by atoms with Crippen LogP contribution in [0.1, 0.15) is 29.9 Å². The number of rotatable bonds is 10. The van der Waals surface area contributed by atoms with Crippen molar-refractivity contribution in [3.8, 4) is 5.75 Å². The van der Waals surface area contributed by atoms with Gasteiger partial charge in [-0.05, 0) is 69.7 Å². The Balaban J connectivity index is 1.40. The van der Waals surface area contributed by atoms with Gasteiger partial charge in [0.15, 0.2) is 0 Å². The Kier molecular flexibility index (Phi) is 8.51. The van der Waals surface area contributed by atoms with Crippen LogP contribution < -0.4 is 4.74 Å². The highest BCUT2D eigenvalue weighted by Gasteiger charge is 2.26. The van der Waals surface area contributed by atoms with E-state index in [-0.39, 0.29) is 18.5 Å². The number of carbonyl (C=O) groups excluding carboxylic acids is 1. The molecule has 1 aliphatic rings. The van der Waals surface area contributed by atoms with E-state index >= 15 is 0 Å². The molecule has 0 spiro atoms. The lowest BCUT2D eigenvalue weighted by atomic mass is 9.97. The second kappa shape index (κ2) is 11.3. The molecular weight excluding hydrogens is 396 g/mol. The Morgan fingerprint density at radius 1 is 1.26 bits per heavy atom. The van der Waals surface area contributed by atoms with E-state index < -0.39 is 6.10 Å². The lowest BCUT2D eigenvalue weighted by Crippen LogP contribution is -2.42. The van der Waals surface area contributed by atoms with Crippen LogP contribution in [0.3, 0.4) is 0 Å². The Morgan fingerprint density at radius 2 is 2.03 bits per heavy atom. The van der Waals surface area contributed by atoms with Gasteiger partial charge in [-0.15, -0.1) is 0 Å². The normalized spacial score (nSPS) is 16.4. The summed E-state index contributed by atoms with van der Waals surface area (Å²) in [7, 11) is 3.49. The van der Waals surface area contributed by atoms with E-state index in [0.29, 0.717) is 6.54 Å². The molecule has 1 N–H and O–H groups in total. The van der Waals surface area contributed by atoms with E-state index in [0.717, 1.165) is 61.9 Å². The van der Waals surface area contributed by atoms with Crippen LogP contribution in [0.4, 0.5) is 0 Å². The lowest BCUT2D eigenvalue weighted by Gasteiger charge is -2.31. The van der Waals surface area contributed by atoms with Crippen molar-refractivity contribution < 1.29 is 23.8 Å². The number of aryl methyl sites for hydroxylation is 1. The van der Waals surface area contributed by atoms with Gasteiger partial charge in [0.25, 0.3) is 0 Å². The molecule has 31 heavy (non-hydrogen) atoms. The molecule has 2 heterocycles. The Morgan fingerprint density at radius 3 is 2.71 bits per heavy atom.